The average molecular weight is 284 g/mol. The van der Waals surface area contributed by atoms with Crippen LogP contribution in [-0.4, -0.2) is 5.11 Å². The van der Waals surface area contributed by atoms with Crippen LogP contribution in [0.1, 0.15) is 5.56 Å². The summed E-state index contributed by atoms with van der Waals surface area (Å²) in [6, 6.07) is 7.93. The topological polar surface area (TPSA) is 55.5 Å². The molecule has 0 aliphatic rings. The van der Waals surface area contributed by atoms with Gasteiger partial charge < -0.3 is 15.6 Å². The standard InChI is InChI=1S/C13H11Cl2NO2/c1-7-4-11(17)13(6-10(7)16)18-12-3-2-8(14)5-9(12)15/h2-6,17H,16H2,1H3. The molecule has 3 N–H and O–H groups in total. The fraction of sp³-hybridized carbons (Fsp3) is 0.0769. The molecule has 0 heterocycles. The Morgan fingerprint density at radius 1 is 1.11 bits per heavy atom. The van der Waals surface area contributed by atoms with E-state index in [4.69, 9.17) is 33.7 Å². The third kappa shape index (κ3) is 2.63. The Morgan fingerprint density at radius 2 is 1.83 bits per heavy atom. The molecule has 3 nitrogen and oxygen atoms in total. The molecule has 2 rings (SSSR count). The van der Waals surface area contributed by atoms with E-state index in [1.54, 1.807) is 31.2 Å². The molecule has 0 aliphatic heterocycles. The van der Waals surface area contributed by atoms with Gasteiger partial charge in [0.25, 0.3) is 0 Å². The maximum absolute atomic E-state index is 9.77. The number of nitrogens with two attached hydrogens (primary N) is 1. The molecule has 0 spiro atoms. The second-order valence-electron chi connectivity index (χ2n) is 3.85. The SMILES string of the molecule is Cc1cc(O)c(Oc2ccc(Cl)cc2Cl)cc1N. The van der Waals surface area contributed by atoms with Gasteiger partial charge in [-0.3, -0.25) is 0 Å². The van der Waals surface area contributed by atoms with E-state index < -0.39 is 0 Å². The van der Waals surface area contributed by atoms with Gasteiger partial charge in [-0.1, -0.05) is 23.2 Å². The van der Waals surface area contributed by atoms with Crippen LogP contribution in [0.4, 0.5) is 5.69 Å². The van der Waals surface area contributed by atoms with Crippen molar-refractivity contribution in [1.29, 1.82) is 0 Å². The molecule has 0 atom stereocenters. The van der Waals surface area contributed by atoms with Crippen molar-refractivity contribution in [3.63, 3.8) is 0 Å². The van der Waals surface area contributed by atoms with Gasteiger partial charge in [0.15, 0.2) is 11.5 Å². The van der Waals surface area contributed by atoms with Crippen molar-refractivity contribution in [2.24, 2.45) is 0 Å². The van der Waals surface area contributed by atoms with Crippen LogP contribution < -0.4 is 10.5 Å². The molecule has 0 saturated heterocycles. The smallest absolute Gasteiger partial charge is 0.171 e. The number of ether oxygens (including phenoxy) is 1. The Labute approximate surface area is 115 Å². The first kappa shape index (κ1) is 12.9. The Bertz CT molecular complexity index is 600. The Hall–Kier alpha value is -1.58. The van der Waals surface area contributed by atoms with Crippen molar-refractivity contribution < 1.29 is 9.84 Å². The number of hydrogen-bond acceptors (Lipinski definition) is 3. The van der Waals surface area contributed by atoms with Crippen molar-refractivity contribution in [1.82, 2.24) is 0 Å². The van der Waals surface area contributed by atoms with E-state index >= 15 is 0 Å². The molecule has 0 unspecified atom stereocenters. The van der Waals surface area contributed by atoms with Crippen molar-refractivity contribution in [3.8, 4) is 17.2 Å². The second kappa shape index (κ2) is 4.96. The summed E-state index contributed by atoms with van der Waals surface area (Å²) in [5.74, 6) is 0.662. The van der Waals surface area contributed by atoms with Gasteiger partial charge in [0.2, 0.25) is 0 Å². The minimum Gasteiger partial charge on any atom is -0.504 e. The molecule has 5 heteroatoms. The largest absolute Gasteiger partial charge is 0.504 e. The van der Waals surface area contributed by atoms with Crippen LogP contribution >= 0.6 is 23.2 Å². The third-order valence-electron chi connectivity index (χ3n) is 2.46. The number of anilines is 1. The highest BCUT2D eigenvalue weighted by Crippen LogP contribution is 2.37. The molecule has 0 radical (unpaired) electrons. The molecule has 0 aliphatic carbocycles. The normalized spacial score (nSPS) is 10.4. The number of hydrogen-bond donors (Lipinski definition) is 2. The Kier molecular flexibility index (Phi) is 3.55. The highest BCUT2D eigenvalue weighted by molar-refractivity contribution is 6.35. The molecule has 2 aromatic rings. The van der Waals surface area contributed by atoms with Gasteiger partial charge in [-0.2, -0.15) is 0 Å². The quantitative estimate of drug-likeness (QED) is 0.635. The number of phenolic OH excluding ortho intramolecular Hbond substituents is 1. The van der Waals surface area contributed by atoms with Gasteiger partial charge in [0, 0.05) is 16.8 Å². The number of aromatic hydroxyl groups is 1. The summed E-state index contributed by atoms with van der Waals surface area (Å²) in [5, 5.41) is 10.6. The van der Waals surface area contributed by atoms with Crippen LogP contribution in [0.2, 0.25) is 10.0 Å². The van der Waals surface area contributed by atoms with E-state index in [9.17, 15) is 5.11 Å². The van der Waals surface area contributed by atoms with E-state index in [1.807, 2.05) is 0 Å². The van der Waals surface area contributed by atoms with Crippen molar-refractivity contribution in [3.05, 3.63) is 45.9 Å². The minimum absolute atomic E-state index is 0.00715. The molecular weight excluding hydrogens is 273 g/mol. The molecule has 0 saturated carbocycles. The van der Waals surface area contributed by atoms with Crippen LogP contribution in [0, 0.1) is 6.92 Å². The summed E-state index contributed by atoms with van der Waals surface area (Å²) in [6.45, 7) is 1.80. The number of rotatable bonds is 2. The van der Waals surface area contributed by atoms with Crippen molar-refractivity contribution in [2.45, 2.75) is 6.92 Å². The first-order chi connectivity index (χ1) is 8.47. The average Bonchev–Trinajstić information content (AvgIpc) is 2.29. The van der Waals surface area contributed by atoms with Gasteiger partial charge in [-0.05, 0) is 36.8 Å². The van der Waals surface area contributed by atoms with Gasteiger partial charge >= 0.3 is 0 Å². The fourth-order valence-electron chi connectivity index (χ4n) is 1.45. The first-order valence-corrected chi connectivity index (χ1v) is 5.95. The lowest BCUT2D eigenvalue weighted by Gasteiger charge is -2.11. The third-order valence-corrected chi connectivity index (χ3v) is 2.99. The van der Waals surface area contributed by atoms with E-state index in [0.29, 0.717) is 21.5 Å². The predicted molar refractivity (Wildman–Crippen MR) is 73.8 cm³/mol. The molecular formula is C13H11Cl2NO2. The Balaban J connectivity index is 2.37. The Morgan fingerprint density at radius 3 is 2.50 bits per heavy atom. The number of halogens is 2. The molecule has 0 amide bonds. The summed E-state index contributed by atoms with van der Waals surface area (Å²) in [4.78, 5) is 0. The van der Waals surface area contributed by atoms with Crippen LogP contribution in [0.5, 0.6) is 17.2 Å². The molecule has 2 aromatic carbocycles. The van der Waals surface area contributed by atoms with E-state index in [0.717, 1.165) is 5.56 Å². The summed E-state index contributed by atoms with van der Waals surface area (Å²) >= 11 is 11.8. The van der Waals surface area contributed by atoms with E-state index in [2.05, 4.69) is 0 Å². The van der Waals surface area contributed by atoms with E-state index in [-0.39, 0.29) is 11.5 Å². The number of benzene rings is 2. The molecule has 0 bridgehead atoms. The van der Waals surface area contributed by atoms with Crippen LogP contribution in [-0.2, 0) is 0 Å². The zero-order valence-electron chi connectivity index (χ0n) is 9.58. The lowest BCUT2D eigenvalue weighted by atomic mass is 10.2. The lowest BCUT2D eigenvalue weighted by Crippen LogP contribution is -1.92. The maximum Gasteiger partial charge on any atom is 0.171 e. The fourth-order valence-corrected chi connectivity index (χ4v) is 1.89. The zero-order valence-corrected chi connectivity index (χ0v) is 11.1. The number of nitrogen functional groups attached to an aromatic ring is 1. The highest BCUT2D eigenvalue weighted by Gasteiger charge is 2.09. The summed E-state index contributed by atoms with van der Waals surface area (Å²) < 4.78 is 5.51. The molecule has 18 heavy (non-hydrogen) atoms. The predicted octanol–water partition coefficient (Wildman–Crippen LogP) is 4.38. The lowest BCUT2D eigenvalue weighted by molar-refractivity contribution is 0.411. The van der Waals surface area contributed by atoms with Crippen LogP contribution in [0.15, 0.2) is 30.3 Å². The molecule has 94 valence electrons. The first-order valence-electron chi connectivity index (χ1n) is 5.19. The van der Waals surface area contributed by atoms with Crippen LogP contribution in [0.3, 0.4) is 0 Å². The molecule has 0 aromatic heterocycles. The van der Waals surface area contributed by atoms with Gasteiger partial charge in [0.05, 0.1) is 5.02 Å². The minimum atomic E-state index is 0.00715. The second-order valence-corrected chi connectivity index (χ2v) is 4.70. The zero-order chi connectivity index (χ0) is 13.3. The summed E-state index contributed by atoms with van der Waals surface area (Å²) in [6.07, 6.45) is 0. The van der Waals surface area contributed by atoms with Gasteiger partial charge in [-0.15, -0.1) is 0 Å². The highest BCUT2D eigenvalue weighted by atomic mass is 35.5. The number of phenols is 1. The summed E-state index contributed by atoms with van der Waals surface area (Å²) in [7, 11) is 0. The summed E-state index contributed by atoms with van der Waals surface area (Å²) in [5.41, 5.74) is 7.07. The van der Waals surface area contributed by atoms with Gasteiger partial charge in [-0.25, -0.2) is 0 Å². The van der Waals surface area contributed by atoms with Crippen LogP contribution in [0.25, 0.3) is 0 Å². The number of aryl methyl sites for hydroxylation is 1. The van der Waals surface area contributed by atoms with Gasteiger partial charge in [0.1, 0.15) is 5.75 Å². The monoisotopic (exact) mass is 283 g/mol. The molecule has 0 fully saturated rings. The van der Waals surface area contributed by atoms with Crippen molar-refractivity contribution in [2.75, 3.05) is 5.73 Å². The van der Waals surface area contributed by atoms with Crippen molar-refractivity contribution >= 4 is 28.9 Å². The van der Waals surface area contributed by atoms with E-state index in [1.165, 1.54) is 6.07 Å². The maximum atomic E-state index is 9.77.